The Labute approximate surface area is 73.3 Å². The van der Waals surface area contributed by atoms with Crippen molar-refractivity contribution in [1.82, 2.24) is 5.32 Å². The molecule has 0 unspecified atom stereocenters. The number of hydrogen-bond acceptors (Lipinski definition) is 1. The predicted octanol–water partition coefficient (Wildman–Crippen LogP) is 2.34. The average Bonchev–Trinajstić information content (AvgIpc) is 2.03. The quantitative estimate of drug-likeness (QED) is 0.448. The van der Waals surface area contributed by atoms with E-state index in [1.165, 1.54) is 6.42 Å². The third-order valence-electron chi connectivity index (χ3n) is 1.47. The first-order valence-corrected chi connectivity index (χ1v) is 4.78. The van der Waals surface area contributed by atoms with E-state index in [0.717, 1.165) is 31.8 Å². The van der Waals surface area contributed by atoms with Crippen LogP contribution in [-0.2, 0) is 0 Å². The van der Waals surface area contributed by atoms with Gasteiger partial charge in [-0.15, -0.1) is 11.6 Å². The lowest BCUT2D eigenvalue weighted by atomic mass is 10.2. The van der Waals surface area contributed by atoms with E-state index in [4.69, 9.17) is 11.6 Å². The van der Waals surface area contributed by atoms with Gasteiger partial charge in [-0.2, -0.15) is 0 Å². The molecule has 0 radical (unpaired) electrons. The zero-order valence-corrected chi connectivity index (χ0v) is 7.67. The third kappa shape index (κ3) is 10.2. The first kappa shape index (κ1) is 11.2. The molecule has 0 saturated carbocycles. The SMILES string of the molecule is FCCCNCCCCCCl. The molecule has 0 bridgehead atoms. The molecule has 0 aromatic rings. The van der Waals surface area contributed by atoms with Gasteiger partial charge < -0.3 is 5.32 Å². The molecular weight excluding hydrogens is 165 g/mol. The van der Waals surface area contributed by atoms with Gasteiger partial charge in [0.05, 0.1) is 6.67 Å². The van der Waals surface area contributed by atoms with Gasteiger partial charge in [0.15, 0.2) is 0 Å². The van der Waals surface area contributed by atoms with E-state index >= 15 is 0 Å². The molecule has 0 aromatic carbocycles. The monoisotopic (exact) mass is 181 g/mol. The highest BCUT2D eigenvalue weighted by Crippen LogP contribution is 1.95. The molecule has 0 spiro atoms. The summed E-state index contributed by atoms with van der Waals surface area (Å²) in [5.74, 6) is 0.754. The Morgan fingerprint density at radius 3 is 2.36 bits per heavy atom. The number of rotatable bonds is 8. The summed E-state index contributed by atoms with van der Waals surface area (Å²) in [6.45, 7) is 1.59. The Bertz CT molecular complexity index is 63.1. The lowest BCUT2D eigenvalue weighted by molar-refractivity contribution is 0.457. The van der Waals surface area contributed by atoms with E-state index < -0.39 is 0 Å². The Morgan fingerprint density at radius 1 is 1.00 bits per heavy atom. The molecule has 0 aromatic heterocycles. The molecule has 68 valence electrons. The normalized spacial score (nSPS) is 10.4. The molecule has 0 aliphatic heterocycles. The molecule has 11 heavy (non-hydrogen) atoms. The van der Waals surface area contributed by atoms with Gasteiger partial charge in [0.2, 0.25) is 0 Å². The molecule has 0 aliphatic rings. The molecular formula is C8H17ClFN. The summed E-state index contributed by atoms with van der Waals surface area (Å²) < 4.78 is 11.6. The molecule has 0 saturated heterocycles. The van der Waals surface area contributed by atoms with Crippen LogP contribution in [0.15, 0.2) is 0 Å². The van der Waals surface area contributed by atoms with Crippen LogP contribution in [0.3, 0.4) is 0 Å². The largest absolute Gasteiger partial charge is 0.317 e. The minimum Gasteiger partial charge on any atom is -0.317 e. The van der Waals surface area contributed by atoms with Crippen molar-refractivity contribution in [3.05, 3.63) is 0 Å². The highest BCUT2D eigenvalue weighted by molar-refractivity contribution is 6.17. The van der Waals surface area contributed by atoms with Gasteiger partial charge in [-0.05, 0) is 32.4 Å². The lowest BCUT2D eigenvalue weighted by Crippen LogP contribution is -2.16. The van der Waals surface area contributed by atoms with Crippen molar-refractivity contribution in [3.8, 4) is 0 Å². The number of hydrogen-bond donors (Lipinski definition) is 1. The maximum absolute atomic E-state index is 11.6. The predicted molar refractivity (Wildman–Crippen MR) is 48.0 cm³/mol. The van der Waals surface area contributed by atoms with Crippen LogP contribution in [0.2, 0.25) is 0 Å². The molecule has 1 nitrogen and oxygen atoms in total. The number of nitrogens with one attached hydrogen (secondary N) is 1. The van der Waals surface area contributed by atoms with E-state index in [-0.39, 0.29) is 6.67 Å². The molecule has 0 fully saturated rings. The van der Waals surface area contributed by atoms with Gasteiger partial charge in [0.25, 0.3) is 0 Å². The maximum Gasteiger partial charge on any atom is 0.0906 e. The first-order chi connectivity index (χ1) is 5.41. The second-order valence-electron chi connectivity index (χ2n) is 2.54. The Kier molecular flexibility index (Phi) is 10.3. The second kappa shape index (κ2) is 10.2. The number of halogens is 2. The minimum atomic E-state index is -0.214. The maximum atomic E-state index is 11.6. The summed E-state index contributed by atoms with van der Waals surface area (Å²) in [5, 5.41) is 3.16. The minimum absolute atomic E-state index is 0.214. The summed E-state index contributed by atoms with van der Waals surface area (Å²) >= 11 is 5.49. The van der Waals surface area contributed by atoms with Gasteiger partial charge in [-0.25, -0.2) is 0 Å². The van der Waals surface area contributed by atoms with Gasteiger partial charge >= 0.3 is 0 Å². The first-order valence-electron chi connectivity index (χ1n) is 4.24. The fraction of sp³-hybridized carbons (Fsp3) is 1.00. The second-order valence-corrected chi connectivity index (χ2v) is 2.92. The van der Waals surface area contributed by atoms with E-state index in [2.05, 4.69) is 5.32 Å². The standard InChI is InChI=1S/C8H17ClFN/c9-5-2-1-3-7-11-8-4-6-10/h11H,1-8H2. The zero-order chi connectivity index (χ0) is 8.36. The van der Waals surface area contributed by atoms with Crippen LogP contribution in [-0.4, -0.2) is 25.6 Å². The van der Waals surface area contributed by atoms with Gasteiger partial charge in [0.1, 0.15) is 0 Å². The third-order valence-corrected chi connectivity index (χ3v) is 1.74. The van der Waals surface area contributed by atoms with Crippen molar-refractivity contribution in [1.29, 1.82) is 0 Å². The molecule has 0 amide bonds. The summed E-state index contributed by atoms with van der Waals surface area (Å²) in [5.41, 5.74) is 0. The Hall–Kier alpha value is 0.180. The number of unbranched alkanes of at least 4 members (excludes halogenated alkanes) is 2. The van der Waals surface area contributed by atoms with Crippen molar-refractivity contribution in [2.45, 2.75) is 25.7 Å². The lowest BCUT2D eigenvalue weighted by Gasteiger charge is -2.01. The van der Waals surface area contributed by atoms with E-state index in [0.29, 0.717) is 6.42 Å². The molecule has 0 heterocycles. The van der Waals surface area contributed by atoms with E-state index in [9.17, 15) is 4.39 Å². The summed E-state index contributed by atoms with van der Waals surface area (Å²) in [4.78, 5) is 0. The molecule has 0 atom stereocenters. The zero-order valence-electron chi connectivity index (χ0n) is 6.91. The molecule has 0 rings (SSSR count). The van der Waals surface area contributed by atoms with Crippen molar-refractivity contribution in [2.75, 3.05) is 25.6 Å². The molecule has 3 heteroatoms. The van der Waals surface area contributed by atoms with Crippen LogP contribution >= 0.6 is 11.6 Å². The summed E-state index contributed by atoms with van der Waals surface area (Å²) in [6, 6.07) is 0. The van der Waals surface area contributed by atoms with Gasteiger partial charge in [-0.3, -0.25) is 4.39 Å². The highest BCUT2D eigenvalue weighted by Gasteiger charge is 1.88. The molecule has 0 aliphatic carbocycles. The van der Waals surface area contributed by atoms with Crippen molar-refractivity contribution >= 4 is 11.6 Å². The van der Waals surface area contributed by atoms with Crippen LogP contribution in [0.25, 0.3) is 0 Å². The van der Waals surface area contributed by atoms with E-state index in [1.54, 1.807) is 0 Å². The van der Waals surface area contributed by atoms with Crippen molar-refractivity contribution in [2.24, 2.45) is 0 Å². The molecule has 1 N–H and O–H groups in total. The van der Waals surface area contributed by atoms with Crippen LogP contribution < -0.4 is 5.32 Å². The topological polar surface area (TPSA) is 12.0 Å². The van der Waals surface area contributed by atoms with Gasteiger partial charge in [-0.1, -0.05) is 6.42 Å². The van der Waals surface area contributed by atoms with Crippen LogP contribution in [0.1, 0.15) is 25.7 Å². The summed E-state index contributed by atoms with van der Waals surface area (Å²) in [7, 11) is 0. The Morgan fingerprint density at radius 2 is 1.73 bits per heavy atom. The smallest absolute Gasteiger partial charge is 0.0906 e. The van der Waals surface area contributed by atoms with Crippen molar-refractivity contribution < 1.29 is 4.39 Å². The van der Waals surface area contributed by atoms with Crippen LogP contribution in [0.4, 0.5) is 4.39 Å². The van der Waals surface area contributed by atoms with Crippen LogP contribution in [0.5, 0.6) is 0 Å². The number of alkyl halides is 2. The fourth-order valence-electron chi connectivity index (χ4n) is 0.838. The summed E-state index contributed by atoms with van der Waals surface area (Å²) in [6.07, 6.45) is 4.05. The highest BCUT2D eigenvalue weighted by atomic mass is 35.5. The van der Waals surface area contributed by atoms with E-state index in [1.807, 2.05) is 0 Å². The Balaban J connectivity index is 2.69. The van der Waals surface area contributed by atoms with Crippen molar-refractivity contribution in [3.63, 3.8) is 0 Å². The van der Waals surface area contributed by atoms with Gasteiger partial charge in [0, 0.05) is 5.88 Å². The fourth-order valence-corrected chi connectivity index (χ4v) is 1.03. The average molecular weight is 182 g/mol. The van der Waals surface area contributed by atoms with Crippen LogP contribution in [0, 0.1) is 0 Å².